The van der Waals surface area contributed by atoms with Crippen LogP contribution in [0, 0.1) is 0 Å². The Hall–Kier alpha value is -1.47. The number of carbonyl (C=O) groups is 2. The van der Waals surface area contributed by atoms with Crippen molar-refractivity contribution in [3.05, 3.63) is 10.6 Å². The van der Waals surface area contributed by atoms with Gasteiger partial charge >= 0.3 is 5.97 Å². The molecular formula is C13H19N3O3S. The van der Waals surface area contributed by atoms with Crippen molar-refractivity contribution in [2.24, 2.45) is 0 Å². The van der Waals surface area contributed by atoms with Crippen LogP contribution in [0.15, 0.2) is 0 Å². The van der Waals surface area contributed by atoms with Crippen LogP contribution in [-0.4, -0.2) is 52.9 Å². The van der Waals surface area contributed by atoms with E-state index in [1.54, 1.807) is 0 Å². The molecule has 2 rings (SSSR count). The fourth-order valence-electron chi connectivity index (χ4n) is 2.39. The molecule has 1 aliphatic carbocycles. The molecule has 0 saturated heterocycles. The highest BCUT2D eigenvalue weighted by atomic mass is 32.1. The lowest BCUT2D eigenvalue weighted by atomic mass is 9.75. The monoisotopic (exact) mass is 297 g/mol. The van der Waals surface area contributed by atoms with Crippen LogP contribution < -0.4 is 5.32 Å². The highest BCUT2D eigenvalue weighted by Crippen LogP contribution is 2.36. The number of likely N-dealkylation sites (N-methyl/N-ethyl adjacent to an activating group) is 1. The molecule has 0 bridgehead atoms. The van der Waals surface area contributed by atoms with E-state index in [0.29, 0.717) is 11.7 Å². The molecule has 0 spiro atoms. The number of aromatic nitrogens is 1. The molecule has 0 aromatic carbocycles. The number of thiazole rings is 1. The van der Waals surface area contributed by atoms with Crippen molar-refractivity contribution in [1.82, 2.24) is 9.88 Å². The van der Waals surface area contributed by atoms with E-state index >= 15 is 0 Å². The first-order chi connectivity index (χ1) is 9.35. The minimum absolute atomic E-state index is 0.117. The van der Waals surface area contributed by atoms with E-state index in [2.05, 4.69) is 15.2 Å². The molecule has 110 valence electrons. The maximum atomic E-state index is 11.4. The lowest BCUT2D eigenvalue weighted by Gasteiger charge is -2.47. The molecule has 0 atom stereocenters. The van der Waals surface area contributed by atoms with Gasteiger partial charge in [-0.05, 0) is 33.4 Å². The number of anilines is 1. The summed E-state index contributed by atoms with van der Waals surface area (Å²) in [6, 6.07) is 0. The highest BCUT2D eigenvalue weighted by molar-refractivity contribution is 7.17. The number of rotatable bonds is 6. The van der Waals surface area contributed by atoms with Gasteiger partial charge < -0.3 is 15.3 Å². The van der Waals surface area contributed by atoms with Crippen LogP contribution in [0.5, 0.6) is 0 Å². The Morgan fingerprint density at radius 2 is 2.10 bits per heavy atom. The van der Waals surface area contributed by atoms with Crippen LogP contribution in [0.1, 0.15) is 46.3 Å². The van der Waals surface area contributed by atoms with Crippen LogP contribution in [0.4, 0.5) is 5.13 Å². The number of hydrogen-bond donors (Lipinski definition) is 2. The fourth-order valence-corrected chi connectivity index (χ4v) is 3.23. The Bertz CT molecular complexity index is 503. The van der Waals surface area contributed by atoms with Crippen molar-refractivity contribution in [3.8, 4) is 0 Å². The summed E-state index contributed by atoms with van der Waals surface area (Å²) in [7, 11) is 4.10. The minimum Gasteiger partial charge on any atom is -0.476 e. The van der Waals surface area contributed by atoms with Gasteiger partial charge in [0, 0.05) is 19.0 Å². The van der Waals surface area contributed by atoms with Gasteiger partial charge in [0.25, 0.3) is 0 Å². The summed E-state index contributed by atoms with van der Waals surface area (Å²) in [4.78, 5) is 28.9. The standard InChI is InChI=1S/C13H19N3O3S/c1-8(17)10-9(11(18)19)15-12(20-10)14-7-13(16(2)3)5-4-6-13/h4-7H2,1-3H3,(H,14,15)(H,18,19). The van der Waals surface area contributed by atoms with Gasteiger partial charge in [-0.25, -0.2) is 9.78 Å². The van der Waals surface area contributed by atoms with Crippen molar-refractivity contribution in [2.45, 2.75) is 31.7 Å². The maximum absolute atomic E-state index is 11.4. The lowest BCUT2D eigenvalue weighted by Crippen LogP contribution is -2.54. The summed E-state index contributed by atoms with van der Waals surface area (Å²) in [5.41, 5.74) is -0.0386. The first-order valence-electron chi connectivity index (χ1n) is 6.52. The second-order valence-electron chi connectivity index (χ2n) is 5.38. The molecule has 1 heterocycles. The zero-order valence-electron chi connectivity index (χ0n) is 11.9. The molecule has 7 heteroatoms. The maximum Gasteiger partial charge on any atom is 0.356 e. The quantitative estimate of drug-likeness (QED) is 0.781. The summed E-state index contributed by atoms with van der Waals surface area (Å²) in [5, 5.41) is 12.7. The Balaban J connectivity index is 2.12. The number of hydrogen-bond acceptors (Lipinski definition) is 6. The third-order valence-electron chi connectivity index (χ3n) is 3.95. The number of carboxylic acid groups (broad SMARTS) is 1. The number of nitrogens with zero attached hydrogens (tertiary/aromatic N) is 2. The van der Waals surface area contributed by atoms with Gasteiger partial charge in [0.05, 0.1) is 0 Å². The summed E-state index contributed by atoms with van der Waals surface area (Å²) in [6.45, 7) is 2.07. The Labute approximate surface area is 121 Å². The minimum atomic E-state index is -1.16. The van der Waals surface area contributed by atoms with Crippen LogP contribution in [0.3, 0.4) is 0 Å². The predicted octanol–water partition coefficient (Wildman–Crippen LogP) is 1.94. The highest BCUT2D eigenvalue weighted by Gasteiger charge is 2.39. The SMILES string of the molecule is CC(=O)c1sc(NCC2(N(C)C)CCC2)nc1C(=O)O. The Morgan fingerprint density at radius 3 is 2.45 bits per heavy atom. The predicted molar refractivity (Wildman–Crippen MR) is 77.8 cm³/mol. The zero-order valence-corrected chi connectivity index (χ0v) is 12.7. The topological polar surface area (TPSA) is 82.5 Å². The normalized spacial score (nSPS) is 16.8. The van der Waals surface area contributed by atoms with Crippen LogP contribution in [0.25, 0.3) is 0 Å². The van der Waals surface area contributed by atoms with E-state index in [1.807, 2.05) is 14.1 Å². The molecule has 0 amide bonds. The third-order valence-corrected chi connectivity index (χ3v) is 5.07. The fraction of sp³-hybridized carbons (Fsp3) is 0.615. The van der Waals surface area contributed by atoms with Gasteiger partial charge in [0.15, 0.2) is 16.6 Å². The van der Waals surface area contributed by atoms with Crippen molar-refractivity contribution in [2.75, 3.05) is 26.0 Å². The summed E-state index contributed by atoms with van der Waals surface area (Å²) in [5.74, 6) is -1.43. The summed E-state index contributed by atoms with van der Waals surface area (Å²) >= 11 is 1.11. The van der Waals surface area contributed by atoms with Crippen LogP contribution in [0.2, 0.25) is 0 Å². The molecule has 2 N–H and O–H groups in total. The number of Topliss-reactive ketones (excluding diaryl/α,β-unsaturated/α-hetero) is 1. The van der Waals surface area contributed by atoms with E-state index in [0.717, 1.165) is 24.2 Å². The summed E-state index contributed by atoms with van der Waals surface area (Å²) in [6.07, 6.45) is 3.43. The number of carbonyl (C=O) groups excluding carboxylic acids is 1. The number of ketones is 1. The largest absolute Gasteiger partial charge is 0.476 e. The van der Waals surface area contributed by atoms with Gasteiger partial charge in [-0.3, -0.25) is 4.79 Å². The molecule has 0 unspecified atom stereocenters. The molecular weight excluding hydrogens is 278 g/mol. The molecule has 6 nitrogen and oxygen atoms in total. The van der Waals surface area contributed by atoms with E-state index in [1.165, 1.54) is 13.3 Å². The van der Waals surface area contributed by atoms with E-state index in [-0.39, 0.29) is 21.9 Å². The molecule has 1 aromatic rings. The second kappa shape index (κ2) is 5.49. The van der Waals surface area contributed by atoms with Crippen molar-refractivity contribution >= 4 is 28.2 Å². The van der Waals surface area contributed by atoms with Gasteiger partial charge in [0.1, 0.15) is 4.88 Å². The van der Waals surface area contributed by atoms with Crippen LogP contribution in [-0.2, 0) is 0 Å². The van der Waals surface area contributed by atoms with E-state index in [4.69, 9.17) is 5.11 Å². The average molecular weight is 297 g/mol. The first kappa shape index (κ1) is 14.9. The second-order valence-corrected chi connectivity index (χ2v) is 6.38. The van der Waals surface area contributed by atoms with Gasteiger partial charge in [-0.15, -0.1) is 0 Å². The number of nitrogens with one attached hydrogen (secondary N) is 1. The van der Waals surface area contributed by atoms with Gasteiger partial charge in [-0.2, -0.15) is 0 Å². The Morgan fingerprint density at radius 1 is 1.45 bits per heavy atom. The third kappa shape index (κ3) is 2.69. The summed E-state index contributed by atoms with van der Waals surface area (Å²) < 4.78 is 0. The van der Waals surface area contributed by atoms with E-state index in [9.17, 15) is 9.59 Å². The molecule has 0 radical (unpaired) electrons. The molecule has 0 aliphatic heterocycles. The molecule has 1 aromatic heterocycles. The van der Waals surface area contributed by atoms with Crippen molar-refractivity contribution in [3.63, 3.8) is 0 Å². The Kier molecular flexibility index (Phi) is 4.10. The van der Waals surface area contributed by atoms with Gasteiger partial charge in [-0.1, -0.05) is 11.3 Å². The van der Waals surface area contributed by atoms with Gasteiger partial charge in [0.2, 0.25) is 0 Å². The lowest BCUT2D eigenvalue weighted by molar-refractivity contribution is 0.0687. The number of aromatic carboxylic acids is 1. The van der Waals surface area contributed by atoms with Crippen molar-refractivity contribution < 1.29 is 14.7 Å². The molecule has 1 aliphatic rings. The smallest absolute Gasteiger partial charge is 0.356 e. The van der Waals surface area contributed by atoms with E-state index < -0.39 is 5.97 Å². The average Bonchev–Trinajstić information content (AvgIpc) is 2.71. The first-order valence-corrected chi connectivity index (χ1v) is 7.34. The molecule has 20 heavy (non-hydrogen) atoms. The van der Waals surface area contributed by atoms with Crippen molar-refractivity contribution in [1.29, 1.82) is 0 Å². The molecule has 1 saturated carbocycles. The zero-order chi connectivity index (χ0) is 14.9. The molecule has 1 fully saturated rings. The van der Waals surface area contributed by atoms with Crippen LogP contribution >= 0.6 is 11.3 Å². The number of carboxylic acids is 1.